The molecule has 0 saturated carbocycles. The van der Waals surface area contributed by atoms with Crippen molar-refractivity contribution in [2.45, 2.75) is 13.0 Å². The summed E-state index contributed by atoms with van der Waals surface area (Å²) in [6.45, 7) is 1.75. The third kappa shape index (κ3) is 2.01. The summed E-state index contributed by atoms with van der Waals surface area (Å²) in [6.07, 6.45) is 3.41. The summed E-state index contributed by atoms with van der Waals surface area (Å²) >= 11 is 3.30. The Kier molecular flexibility index (Phi) is 3.07. The van der Waals surface area contributed by atoms with E-state index in [1.807, 2.05) is 0 Å². The predicted octanol–water partition coefficient (Wildman–Crippen LogP) is 2.79. The maximum Gasteiger partial charge on any atom is 0.130 e. The van der Waals surface area contributed by atoms with E-state index in [4.69, 9.17) is 5.73 Å². The third-order valence-corrected chi connectivity index (χ3v) is 2.69. The summed E-state index contributed by atoms with van der Waals surface area (Å²) in [5.74, 6) is -0.306. The van der Waals surface area contributed by atoms with Crippen molar-refractivity contribution in [2.75, 3.05) is 0 Å². The van der Waals surface area contributed by atoms with Crippen molar-refractivity contribution < 1.29 is 4.39 Å². The van der Waals surface area contributed by atoms with Gasteiger partial charge in [0, 0.05) is 17.8 Å². The lowest BCUT2D eigenvalue weighted by atomic mass is 10.1. The van der Waals surface area contributed by atoms with Crippen LogP contribution in [0.2, 0.25) is 0 Å². The summed E-state index contributed by atoms with van der Waals surface area (Å²) in [4.78, 5) is 0. The molecular weight excluding hydrogens is 273 g/mol. The molecule has 0 unspecified atom stereocenters. The molecule has 1 heterocycles. The first-order valence-corrected chi connectivity index (χ1v) is 5.63. The molecule has 0 radical (unpaired) electrons. The molecule has 0 aliphatic carbocycles. The van der Waals surface area contributed by atoms with Gasteiger partial charge in [-0.25, -0.2) is 9.07 Å². The van der Waals surface area contributed by atoms with Crippen LogP contribution < -0.4 is 5.73 Å². The van der Waals surface area contributed by atoms with Crippen molar-refractivity contribution in [3.8, 4) is 5.69 Å². The van der Waals surface area contributed by atoms with Crippen molar-refractivity contribution in [1.82, 2.24) is 9.78 Å². The molecule has 0 aliphatic rings. The van der Waals surface area contributed by atoms with E-state index in [0.29, 0.717) is 11.3 Å². The Hall–Kier alpha value is -1.20. The van der Waals surface area contributed by atoms with Gasteiger partial charge in [-0.2, -0.15) is 5.10 Å². The number of nitrogens with zero attached hydrogens (tertiary/aromatic N) is 2. The molecule has 0 amide bonds. The largest absolute Gasteiger partial charge is 0.324 e. The SMILES string of the molecule is C[C@H](N)c1c(F)cccc1-n1cc(Br)cn1. The second-order valence-corrected chi connectivity index (χ2v) is 4.48. The molecule has 0 aliphatic heterocycles. The van der Waals surface area contributed by atoms with Gasteiger partial charge in [-0.05, 0) is 35.0 Å². The van der Waals surface area contributed by atoms with E-state index in [0.717, 1.165) is 4.47 Å². The number of aromatic nitrogens is 2. The minimum absolute atomic E-state index is 0.306. The Morgan fingerprint density at radius 1 is 1.50 bits per heavy atom. The number of hydrogen-bond acceptors (Lipinski definition) is 2. The summed E-state index contributed by atoms with van der Waals surface area (Å²) in [6, 6.07) is 4.47. The fraction of sp³-hybridized carbons (Fsp3) is 0.182. The van der Waals surface area contributed by atoms with Crippen LogP contribution in [0.4, 0.5) is 4.39 Å². The van der Waals surface area contributed by atoms with Crippen LogP contribution in [0.25, 0.3) is 5.69 Å². The molecule has 1 aromatic carbocycles. The first-order valence-electron chi connectivity index (χ1n) is 4.84. The molecule has 2 N–H and O–H groups in total. The highest BCUT2D eigenvalue weighted by atomic mass is 79.9. The van der Waals surface area contributed by atoms with Crippen molar-refractivity contribution in [1.29, 1.82) is 0 Å². The normalized spacial score (nSPS) is 12.8. The molecule has 0 fully saturated rings. The zero-order valence-corrected chi connectivity index (χ0v) is 10.3. The van der Waals surface area contributed by atoms with Gasteiger partial charge < -0.3 is 5.73 Å². The van der Waals surface area contributed by atoms with Crippen LogP contribution >= 0.6 is 15.9 Å². The Morgan fingerprint density at radius 3 is 2.81 bits per heavy atom. The van der Waals surface area contributed by atoms with Crippen LogP contribution in [0.1, 0.15) is 18.5 Å². The first-order chi connectivity index (χ1) is 7.59. The Morgan fingerprint density at radius 2 is 2.25 bits per heavy atom. The molecule has 0 spiro atoms. The lowest BCUT2D eigenvalue weighted by molar-refractivity contribution is 0.589. The topological polar surface area (TPSA) is 43.8 Å². The van der Waals surface area contributed by atoms with E-state index in [2.05, 4.69) is 21.0 Å². The van der Waals surface area contributed by atoms with E-state index in [1.165, 1.54) is 6.07 Å². The van der Waals surface area contributed by atoms with Crippen LogP contribution in [0, 0.1) is 5.82 Å². The van der Waals surface area contributed by atoms with Gasteiger partial charge in [0.15, 0.2) is 0 Å². The maximum atomic E-state index is 13.7. The average molecular weight is 284 g/mol. The van der Waals surface area contributed by atoms with Crippen molar-refractivity contribution in [3.63, 3.8) is 0 Å². The summed E-state index contributed by atoms with van der Waals surface area (Å²) in [5, 5.41) is 4.12. The Labute approximate surface area is 101 Å². The third-order valence-electron chi connectivity index (χ3n) is 2.28. The first kappa shape index (κ1) is 11.3. The highest BCUT2D eigenvalue weighted by Gasteiger charge is 2.14. The molecule has 1 atom stereocenters. The highest BCUT2D eigenvalue weighted by Crippen LogP contribution is 2.23. The minimum atomic E-state index is -0.376. The number of halogens is 2. The lowest BCUT2D eigenvalue weighted by Gasteiger charge is -2.13. The summed E-state index contributed by atoms with van der Waals surface area (Å²) in [5.41, 5.74) is 6.90. The van der Waals surface area contributed by atoms with Gasteiger partial charge in [0.2, 0.25) is 0 Å². The van der Waals surface area contributed by atoms with Crippen LogP contribution in [0.5, 0.6) is 0 Å². The molecule has 0 saturated heterocycles. The van der Waals surface area contributed by atoms with Crippen LogP contribution in [-0.4, -0.2) is 9.78 Å². The quantitative estimate of drug-likeness (QED) is 0.921. The van der Waals surface area contributed by atoms with Gasteiger partial charge in [0.1, 0.15) is 5.82 Å². The van der Waals surface area contributed by atoms with Gasteiger partial charge in [0.25, 0.3) is 0 Å². The van der Waals surface area contributed by atoms with Crippen molar-refractivity contribution in [3.05, 3.63) is 46.4 Å². The summed E-state index contributed by atoms with van der Waals surface area (Å²) in [7, 11) is 0. The molecule has 3 nitrogen and oxygen atoms in total. The van der Waals surface area contributed by atoms with Crippen LogP contribution in [0.3, 0.4) is 0 Å². The van der Waals surface area contributed by atoms with E-state index in [-0.39, 0.29) is 11.9 Å². The molecule has 84 valence electrons. The van der Waals surface area contributed by atoms with Gasteiger partial charge in [-0.1, -0.05) is 6.07 Å². The fourth-order valence-electron chi connectivity index (χ4n) is 1.61. The van der Waals surface area contributed by atoms with Crippen LogP contribution in [0.15, 0.2) is 35.1 Å². The maximum absolute atomic E-state index is 13.7. The highest BCUT2D eigenvalue weighted by molar-refractivity contribution is 9.10. The van der Waals surface area contributed by atoms with Crippen molar-refractivity contribution in [2.24, 2.45) is 5.73 Å². The van der Waals surface area contributed by atoms with Gasteiger partial charge in [0.05, 0.1) is 16.4 Å². The average Bonchev–Trinajstić information content (AvgIpc) is 2.63. The number of benzene rings is 1. The molecule has 1 aromatic heterocycles. The molecule has 0 bridgehead atoms. The van der Waals surface area contributed by atoms with E-state index in [9.17, 15) is 4.39 Å². The standard InChI is InChI=1S/C11H11BrFN3/c1-7(14)11-9(13)3-2-4-10(11)16-6-8(12)5-15-16/h2-7H,14H2,1H3/t7-/m0/s1. The second kappa shape index (κ2) is 4.35. The smallest absolute Gasteiger partial charge is 0.130 e. The zero-order chi connectivity index (χ0) is 11.7. The Bertz CT molecular complexity index is 508. The molecule has 5 heteroatoms. The monoisotopic (exact) mass is 283 g/mol. The molecule has 2 rings (SSSR count). The van der Waals surface area contributed by atoms with Gasteiger partial charge in [-0.15, -0.1) is 0 Å². The number of rotatable bonds is 2. The van der Waals surface area contributed by atoms with Gasteiger partial charge in [-0.3, -0.25) is 0 Å². The minimum Gasteiger partial charge on any atom is -0.324 e. The predicted molar refractivity (Wildman–Crippen MR) is 63.8 cm³/mol. The number of nitrogens with two attached hydrogens (primary N) is 1. The van der Waals surface area contributed by atoms with E-state index >= 15 is 0 Å². The Balaban J connectivity index is 2.60. The summed E-state index contributed by atoms with van der Waals surface area (Å²) < 4.78 is 16.1. The molecule has 2 aromatic rings. The molecular formula is C11H11BrFN3. The second-order valence-electron chi connectivity index (χ2n) is 3.56. The van der Waals surface area contributed by atoms with E-state index < -0.39 is 0 Å². The van der Waals surface area contributed by atoms with Crippen molar-refractivity contribution >= 4 is 15.9 Å². The fourth-order valence-corrected chi connectivity index (χ4v) is 1.89. The number of hydrogen-bond donors (Lipinski definition) is 1. The molecule has 16 heavy (non-hydrogen) atoms. The zero-order valence-electron chi connectivity index (χ0n) is 8.69. The van der Waals surface area contributed by atoms with E-state index in [1.54, 1.807) is 36.1 Å². The van der Waals surface area contributed by atoms with Gasteiger partial charge >= 0.3 is 0 Å². The van der Waals surface area contributed by atoms with Crippen LogP contribution in [-0.2, 0) is 0 Å². The lowest BCUT2D eigenvalue weighted by Crippen LogP contribution is -2.12.